The minimum absolute atomic E-state index is 0.120. The smallest absolute Gasteiger partial charge is 0.321 e. The minimum Gasteiger partial charge on any atom is -0.493 e. The third-order valence-electron chi connectivity index (χ3n) is 6.03. The predicted octanol–water partition coefficient (Wildman–Crippen LogP) is 4.58. The van der Waals surface area contributed by atoms with E-state index in [1.807, 2.05) is 42.5 Å². The van der Waals surface area contributed by atoms with Gasteiger partial charge in [0, 0.05) is 41.5 Å². The molecule has 1 saturated heterocycles. The van der Waals surface area contributed by atoms with Crippen molar-refractivity contribution < 1.29 is 19.1 Å². The van der Waals surface area contributed by atoms with Crippen LogP contribution >= 0.6 is 11.6 Å². The molecule has 3 aromatic carbocycles. The van der Waals surface area contributed by atoms with Crippen LogP contribution < -0.4 is 19.7 Å². The summed E-state index contributed by atoms with van der Waals surface area (Å²) >= 11 is 6.20. The Morgan fingerprint density at radius 1 is 1.06 bits per heavy atom. The molecule has 0 aliphatic carbocycles. The summed E-state index contributed by atoms with van der Waals surface area (Å²) in [7, 11) is 1.61. The second-order valence-electron chi connectivity index (χ2n) is 8.19. The van der Waals surface area contributed by atoms with E-state index >= 15 is 0 Å². The van der Waals surface area contributed by atoms with Gasteiger partial charge in [-0.2, -0.15) is 0 Å². The molecule has 5 rings (SSSR count). The van der Waals surface area contributed by atoms with Gasteiger partial charge in [0.1, 0.15) is 6.61 Å². The lowest BCUT2D eigenvalue weighted by Crippen LogP contribution is -2.33. The van der Waals surface area contributed by atoms with Gasteiger partial charge in [-0.25, -0.2) is 4.79 Å². The normalized spacial score (nSPS) is 15.3. The van der Waals surface area contributed by atoms with E-state index in [2.05, 4.69) is 5.32 Å². The number of benzene rings is 3. The maximum absolute atomic E-state index is 13.5. The number of ether oxygens (including phenoxy) is 2. The Balaban J connectivity index is 1.46. The van der Waals surface area contributed by atoms with Crippen molar-refractivity contribution >= 4 is 29.2 Å². The first-order valence-corrected chi connectivity index (χ1v) is 11.5. The molecule has 7 nitrogen and oxygen atoms in total. The molecular weight excluding hydrogens is 454 g/mol. The van der Waals surface area contributed by atoms with Gasteiger partial charge in [-0.3, -0.25) is 9.69 Å². The summed E-state index contributed by atoms with van der Waals surface area (Å²) < 4.78 is 11.6. The van der Waals surface area contributed by atoms with E-state index in [4.69, 9.17) is 21.1 Å². The number of nitrogens with zero attached hydrogens (tertiary/aromatic N) is 2. The molecule has 1 N–H and O–H groups in total. The molecule has 1 fully saturated rings. The molecule has 174 valence electrons. The summed E-state index contributed by atoms with van der Waals surface area (Å²) in [6.07, 6.45) is 0. The van der Waals surface area contributed by atoms with Crippen LogP contribution in [0.1, 0.15) is 15.9 Å². The molecule has 8 heteroatoms. The fourth-order valence-corrected chi connectivity index (χ4v) is 4.54. The van der Waals surface area contributed by atoms with E-state index in [0.717, 1.165) is 16.7 Å². The zero-order chi connectivity index (χ0) is 23.7. The average molecular weight is 478 g/mol. The zero-order valence-corrected chi connectivity index (χ0v) is 19.5. The number of rotatable bonds is 4. The van der Waals surface area contributed by atoms with Crippen molar-refractivity contribution in [3.63, 3.8) is 0 Å². The van der Waals surface area contributed by atoms with Gasteiger partial charge in [-0.15, -0.1) is 0 Å². The number of anilines is 1. The lowest BCUT2D eigenvalue weighted by Gasteiger charge is -2.21. The first-order valence-electron chi connectivity index (χ1n) is 11.1. The van der Waals surface area contributed by atoms with Crippen LogP contribution in [0.4, 0.5) is 10.5 Å². The highest BCUT2D eigenvalue weighted by molar-refractivity contribution is 6.30. The Hall–Kier alpha value is -3.71. The number of hydrogen-bond donors (Lipinski definition) is 1. The third kappa shape index (κ3) is 4.26. The number of amides is 3. The molecule has 0 atom stereocenters. The Labute approximate surface area is 202 Å². The zero-order valence-electron chi connectivity index (χ0n) is 18.7. The number of carbonyl (C=O) groups excluding carboxylic acids is 2. The lowest BCUT2D eigenvalue weighted by molar-refractivity contribution is 0.0733. The van der Waals surface area contributed by atoms with E-state index in [-0.39, 0.29) is 11.9 Å². The predicted molar refractivity (Wildman–Crippen MR) is 131 cm³/mol. The van der Waals surface area contributed by atoms with Gasteiger partial charge >= 0.3 is 6.03 Å². The number of hydrogen-bond acceptors (Lipinski definition) is 4. The number of methoxy groups -OCH3 is 1. The average Bonchev–Trinajstić information content (AvgIpc) is 3.16. The van der Waals surface area contributed by atoms with Crippen LogP contribution in [-0.4, -0.2) is 50.2 Å². The highest BCUT2D eigenvalue weighted by Crippen LogP contribution is 2.39. The van der Waals surface area contributed by atoms with Gasteiger partial charge in [0.15, 0.2) is 11.5 Å². The maximum atomic E-state index is 13.5. The van der Waals surface area contributed by atoms with Crippen molar-refractivity contribution in [3.05, 3.63) is 76.8 Å². The van der Waals surface area contributed by atoms with Gasteiger partial charge in [0.05, 0.1) is 13.7 Å². The van der Waals surface area contributed by atoms with E-state index < -0.39 is 0 Å². The molecule has 34 heavy (non-hydrogen) atoms. The van der Waals surface area contributed by atoms with Gasteiger partial charge in [-0.1, -0.05) is 29.8 Å². The van der Waals surface area contributed by atoms with E-state index in [1.54, 1.807) is 35.1 Å². The molecule has 3 amide bonds. The summed E-state index contributed by atoms with van der Waals surface area (Å²) in [5, 5.41) is 3.43. The van der Waals surface area contributed by atoms with Crippen molar-refractivity contribution in [1.82, 2.24) is 10.2 Å². The molecule has 0 unspecified atom stereocenters. The summed E-state index contributed by atoms with van der Waals surface area (Å²) in [6, 6.07) is 18.6. The van der Waals surface area contributed by atoms with Crippen LogP contribution in [0.5, 0.6) is 11.5 Å². The van der Waals surface area contributed by atoms with Crippen LogP contribution in [0.25, 0.3) is 11.1 Å². The molecule has 0 spiro atoms. The van der Waals surface area contributed by atoms with E-state index in [0.29, 0.717) is 60.6 Å². The van der Waals surface area contributed by atoms with E-state index in [1.165, 1.54) is 0 Å². The number of halogens is 1. The third-order valence-corrected chi connectivity index (χ3v) is 6.26. The summed E-state index contributed by atoms with van der Waals surface area (Å²) in [5.74, 6) is 1.14. The topological polar surface area (TPSA) is 71.1 Å². The number of carbonyl (C=O) groups is 2. The van der Waals surface area contributed by atoms with Crippen molar-refractivity contribution in [2.24, 2.45) is 0 Å². The molecule has 0 aromatic heterocycles. The second kappa shape index (κ2) is 9.27. The second-order valence-corrected chi connectivity index (χ2v) is 8.62. The summed E-state index contributed by atoms with van der Waals surface area (Å²) in [4.78, 5) is 28.9. The van der Waals surface area contributed by atoms with Crippen molar-refractivity contribution in [2.45, 2.75) is 6.54 Å². The Kier molecular flexibility index (Phi) is 6.02. The molecule has 2 heterocycles. The summed E-state index contributed by atoms with van der Waals surface area (Å²) in [6.45, 7) is 2.31. The van der Waals surface area contributed by atoms with Crippen LogP contribution in [-0.2, 0) is 6.54 Å². The SMILES string of the molecule is COc1cc(-c2cccc(Cl)c2)cc2c1OCCN(C(=O)c1cccc(N3CCNC3=O)c1)C2. The van der Waals surface area contributed by atoms with Crippen molar-refractivity contribution in [3.8, 4) is 22.6 Å². The quantitative estimate of drug-likeness (QED) is 0.597. The van der Waals surface area contributed by atoms with Crippen molar-refractivity contribution in [2.75, 3.05) is 38.3 Å². The Morgan fingerprint density at radius 2 is 1.91 bits per heavy atom. The van der Waals surface area contributed by atoms with Gasteiger partial charge in [0.25, 0.3) is 5.91 Å². The monoisotopic (exact) mass is 477 g/mol. The summed E-state index contributed by atoms with van der Waals surface area (Å²) in [5.41, 5.74) is 3.97. The first kappa shape index (κ1) is 22.1. The number of fused-ring (bicyclic) bond motifs is 1. The molecular formula is C26H24ClN3O4. The fourth-order valence-electron chi connectivity index (χ4n) is 4.35. The van der Waals surface area contributed by atoms with Gasteiger partial charge in [0.2, 0.25) is 0 Å². The fraction of sp³-hybridized carbons (Fsp3) is 0.231. The number of urea groups is 1. The Bertz CT molecular complexity index is 1260. The van der Waals surface area contributed by atoms with Crippen LogP contribution in [0.3, 0.4) is 0 Å². The first-order chi connectivity index (χ1) is 16.5. The standard InChI is InChI=1S/C26H24ClN3O4/c1-33-23-15-19(17-4-2-6-21(27)13-17)12-20-16-29(10-11-34-24(20)23)25(31)18-5-3-7-22(14-18)30-9-8-28-26(30)32/h2-7,12-15H,8-11,16H2,1H3,(H,28,32). The molecule has 0 bridgehead atoms. The largest absolute Gasteiger partial charge is 0.493 e. The lowest BCUT2D eigenvalue weighted by atomic mass is 10.0. The van der Waals surface area contributed by atoms with Crippen molar-refractivity contribution in [1.29, 1.82) is 0 Å². The molecule has 2 aliphatic rings. The van der Waals surface area contributed by atoms with Gasteiger partial charge in [-0.05, 0) is 53.6 Å². The van der Waals surface area contributed by atoms with E-state index in [9.17, 15) is 9.59 Å². The minimum atomic E-state index is -0.151. The highest BCUT2D eigenvalue weighted by Gasteiger charge is 2.26. The number of nitrogens with one attached hydrogen (secondary N) is 1. The van der Waals surface area contributed by atoms with Gasteiger partial charge < -0.3 is 19.7 Å². The molecule has 2 aliphatic heterocycles. The molecule has 0 saturated carbocycles. The molecule has 3 aromatic rings. The maximum Gasteiger partial charge on any atom is 0.321 e. The van der Waals surface area contributed by atoms with Crippen LogP contribution in [0, 0.1) is 0 Å². The van der Waals surface area contributed by atoms with Crippen LogP contribution in [0.15, 0.2) is 60.7 Å². The molecule has 0 radical (unpaired) electrons. The highest BCUT2D eigenvalue weighted by atomic mass is 35.5. The van der Waals surface area contributed by atoms with Crippen LogP contribution in [0.2, 0.25) is 5.02 Å². The Morgan fingerprint density at radius 3 is 2.68 bits per heavy atom.